The molecule has 0 aliphatic carbocycles. The van der Waals surface area contributed by atoms with E-state index in [1.807, 2.05) is 78.9 Å². The third-order valence-corrected chi connectivity index (χ3v) is 8.29. The van der Waals surface area contributed by atoms with Crippen molar-refractivity contribution >= 4 is 0 Å². The molecule has 0 N–H and O–H groups in total. The second-order valence-electron chi connectivity index (χ2n) is 11.6. The van der Waals surface area contributed by atoms with Crippen LogP contribution in [0.25, 0.3) is 78.9 Å². The van der Waals surface area contributed by atoms with Crippen molar-refractivity contribution in [3.8, 4) is 78.9 Å². The van der Waals surface area contributed by atoms with Gasteiger partial charge >= 0.3 is 0 Å². The maximum atomic E-state index is 5.16. The SMILES string of the molecule is c1ccc(-c2cc(-c3cc(-c4ccccc4)nc(-c4ccccc4)n3)cc(-c3cc(-c4ccccc4)nc(-c4ccccc4)n3)c2)cc1. The molecule has 0 aliphatic rings. The van der Waals surface area contributed by atoms with Crippen LogP contribution in [0, 0.1) is 0 Å². The van der Waals surface area contributed by atoms with Gasteiger partial charge in [0.2, 0.25) is 0 Å². The summed E-state index contributed by atoms with van der Waals surface area (Å²) in [7, 11) is 0. The summed E-state index contributed by atoms with van der Waals surface area (Å²) in [6.07, 6.45) is 0. The van der Waals surface area contributed by atoms with Crippen LogP contribution in [0.3, 0.4) is 0 Å². The molecule has 0 saturated carbocycles. The maximum absolute atomic E-state index is 5.16. The zero-order valence-electron chi connectivity index (χ0n) is 26.1. The van der Waals surface area contributed by atoms with Gasteiger partial charge in [0.15, 0.2) is 11.6 Å². The second-order valence-corrected chi connectivity index (χ2v) is 11.6. The van der Waals surface area contributed by atoms with Crippen molar-refractivity contribution in [1.82, 2.24) is 19.9 Å². The summed E-state index contributed by atoms with van der Waals surface area (Å²) >= 11 is 0. The Bertz CT molecular complexity index is 2050. The molecule has 0 aliphatic heterocycles. The van der Waals surface area contributed by atoms with Gasteiger partial charge < -0.3 is 0 Å². The van der Waals surface area contributed by atoms with E-state index in [4.69, 9.17) is 19.9 Å². The molecule has 0 unspecified atom stereocenters. The van der Waals surface area contributed by atoms with E-state index in [-0.39, 0.29) is 0 Å². The smallest absolute Gasteiger partial charge is 0.160 e. The summed E-state index contributed by atoms with van der Waals surface area (Å²) < 4.78 is 0. The lowest BCUT2D eigenvalue weighted by Crippen LogP contribution is -1.98. The Labute approximate surface area is 280 Å². The van der Waals surface area contributed by atoms with Crippen LogP contribution in [0.1, 0.15) is 0 Å². The molecule has 0 saturated heterocycles. The highest BCUT2D eigenvalue weighted by Crippen LogP contribution is 2.35. The lowest BCUT2D eigenvalue weighted by atomic mass is 9.95. The van der Waals surface area contributed by atoms with Gasteiger partial charge in [-0.05, 0) is 41.5 Å². The van der Waals surface area contributed by atoms with Crippen LogP contribution in [0.4, 0.5) is 0 Å². The predicted molar refractivity (Wildman–Crippen MR) is 196 cm³/mol. The Hall–Kier alpha value is -6.52. The first-order chi connectivity index (χ1) is 23.8. The first-order valence-corrected chi connectivity index (χ1v) is 16.0. The van der Waals surface area contributed by atoms with Crippen molar-refractivity contribution < 1.29 is 0 Å². The summed E-state index contributed by atoms with van der Waals surface area (Å²) in [6, 6.07) is 62.1. The predicted octanol–water partition coefficient (Wildman–Crippen LogP) is 10.9. The highest BCUT2D eigenvalue weighted by atomic mass is 14.9. The number of hydrogen-bond acceptors (Lipinski definition) is 4. The van der Waals surface area contributed by atoms with Gasteiger partial charge in [0, 0.05) is 33.4 Å². The molecule has 6 aromatic carbocycles. The van der Waals surface area contributed by atoms with Crippen molar-refractivity contribution in [3.05, 3.63) is 182 Å². The van der Waals surface area contributed by atoms with Crippen LogP contribution in [-0.2, 0) is 0 Å². The van der Waals surface area contributed by atoms with Crippen molar-refractivity contribution in [2.75, 3.05) is 0 Å². The molecule has 0 amide bonds. The number of benzene rings is 6. The van der Waals surface area contributed by atoms with Crippen molar-refractivity contribution in [2.45, 2.75) is 0 Å². The zero-order chi connectivity index (χ0) is 32.1. The Kier molecular flexibility index (Phi) is 7.87. The van der Waals surface area contributed by atoms with E-state index in [0.29, 0.717) is 11.6 Å². The first kappa shape index (κ1) is 28.9. The van der Waals surface area contributed by atoms with Crippen LogP contribution in [0.15, 0.2) is 182 Å². The van der Waals surface area contributed by atoms with Gasteiger partial charge in [-0.15, -0.1) is 0 Å². The fraction of sp³-hybridized carbons (Fsp3) is 0. The van der Waals surface area contributed by atoms with Crippen LogP contribution >= 0.6 is 0 Å². The van der Waals surface area contributed by atoms with Gasteiger partial charge in [0.1, 0.15) is 0 Å². The molecular formula is C44H30N4. The first-order valence-electron chi connectivity index (χ1n) is 16.0. The summed E-state index contributed by atoms with van der Waals surface area (Å²) in [4.78, 5) is 20.3. The Balaban J connectivity index is 1.36. The lowest BCUT2D eigenvalue weighted by molar-refractivity contribution is 1.18. The summed E-state index contributed by atoms with van der Waals surface area (Å²) in [5.41, 5.74) is 11.5. The van der Waals surface area contributed by atoms with E-state index in [1.54, 1.807) is 0 Å². The average molecular weight is 615 g/mol. The van der Waals surface area contributed by atoms with Crippen molar-refractivity contribution in [2.24, 2.45) is 0 Å². The number of nitrogens with zero attached hydrogens (tertiary/aromatic N) is 4. The molecule has 48 heavy (non-hydrogen) atoms. The minimum atomic E-state index is 0.679. The number of hydrogen-bond donors (Lipinski definition) is 0. The van der Waals surface area contributed by atoms with Crippen molar-refractivity contribution in [3.63, 3.8) is 0 Å². The molecule has 0 radical (unpaired) electrons. The molecule has 8 rings (SSSR count). The van der Waals surface area contributed by atoms with Crippen molar-refractivity contribution in [1.29, 1.82) is 0 Å². The average Bonchev–Trinajstić information content (AvgIpc) is 3.19. The summed E-state index contributed by atoms with van der Waals surface area (Å²) in [6.45, 7) is 0. The Morgan fingerprint density at radius 2 is 0.479 bits per heavy atom. The van der Waals surface area contributed by atoms with Crippen LogP contribution < -0.4 is 0 Å². The molecule has 0 atom stereocenters. The van der Waals surface area contributed by atoms with E-state index in [2.05, 4.69) is 103 Å². The maximum Gasteiger partial charge on any atom is 0.160 e. The minimum absolute atomic E-state index is 0.679. The standard InChI is InChI=1S/C44H30N4/c1-6-16-31(17-7-1)36-26-37(41-29-39(32-18-8-2-9-19-32)45-43(47-41)34-22-12-4-13-23-34)28-38(27-36)42-30-40(33-20-10-3-11-21-33)46-44(48-42)35-24-14-5-15-25-35/h1-30H. The molecule has 226 valence electrons. The highest BCUT2D eigenvalue weighted by molar-refractivity contribution is 5.82. The molecule has 0 spiro atoms. The zero-order valence-corrected chi connectivity index (χ0v) is 26.1. The normalized spacial score (nSPS) is 10.9. The summed E-state index contributed by atoms with van der Waals surface area (Å²) in [5.74, 6) is 1.36. The van der Waals surface area contributed by atoms with Crippen LogP contribution in [0.5, 0.6) is 0 Å². The summed E-state index contributed by atoms with van der Waals surface area (Å²) in [5, 5.41) is 0. The van der Waals surface area contributed by atoms with Gasteiger partial charge in [-0.3, -0.25) is 0 Å². The molecule has 8 aromatic rings. The van der Waals surface area contributed by atoms with Gasteiger partial charge in [0.05, 0.1) is 22.8 Å². The molecule has 0 bridgehead atoms. The third-order valence-electron chi connectivity index (χ3n) is 8.29. The van der Waals surface area contributed by atoms with Crippen LogP contribution in [-0.4, -0.2) is 19.9 Å². The van der Waals surface area contributed by atoms with E-state index >= 15 is 0 Å². The van der Waals surface area contributed by atoms with Gasteiger partial charge in [-0.1, -0.05) is 152 Å². The van der Waals surface area contributed by atoms with Gasteiger partial charge in [0.25, 0.3) is 0 Å². The Morgan fingerprint density at radius 1 is 0.208 bits per heavy atom. The fourth-order valence-corrected chi connectivity index (χ4v) is 5.86. The molecular weight excluding hydrogens is 585 g/mol. The third kappa shape index (κ3) is 6.15. The van der Waals surface area contributed by atoms with Gasteiger partial charge in [-0.2, -0.15) is 0 Å². The van der Waals surface area contributed by atoms with Gasteiger partial charge in [-0.25, -0.2) is 19.9 Å². The Morgan fingerprint density at radius 3 is 0.833 bits per heavy atom. The largest absolute Gasteiger partial charge is 0.228 e. The number of rotatable bonds is 7. The van der Waals surface area contributed by atoms with E-state index < -0.39 is 0 Å². The van der Waals surface area contributed by atoms with E-state index in [0.717, 1.165) is 67.3 Å². The molecule has 4 heteroatoms. The minimum Gasteiger partial charge on any atom is -0.228 e. The van der Waals surface area contributed by atoms with E-state index in [9.17, 15) is 0 Å². The quantitative estimate of drug-likeness (QED) is 0.179. The molecule has 4 nitrogen and oxygen atoms in total. The molecule has 2 heterocycles. The van der Waals surface area contributed by atoms with Crippen LogP contribution in [0.2, 0.25) is 0 Å². The van der Waals surface area contributed by atoms with E-state index in [1.165, 1.54) is 0 Å². The topological polar surface area (TPSA) is 51.6 Å². The second kappa shape index (κ2) is 13.1. The number of aromatic nitrogens is 4. The lowest BCUT2D eigenvalue weighted by Gasteiger charge is -2.14. The molecule has 0 fully saturated rings. The molecule has 2 aromatic heterocycles. The highest BCUT2D eigenvalue weighted by Gasteiger charge is 2.16. The fourth-order valence-electron chi connectivity index (χ4n) is 5.86. The monoisotopic (exact) mass is 614 g/mol.